The van der Waals surface area contributed by atoms with Gasteiger partial charge in [0.05, 0.1) is 6.61 Å². The monoisotopic (exact) mass is 441 g/mol. The molecule has 8 heteroatoms. The number of hydrogen-bond donors (Lipinski definition) is 0. The highest BCUT2D eigenvalue weighted by atomic mass is 16.6. The molecular formula is C23H39NO7. The highest BCUT2D eigenvalue weighted by Gasteiger charge is 2.53. The number of likely N-dealkylation sites (tertiary alicyclic amines) is 1. The number of ether oxygens (including phenoxy) is 3. The van der Waals surface area contributed by atoms with Crippen molar-refractivity contribution in [3.05, 3.63) is 0 Å². The molecule has 0 aromatic rings. The lowest BCUT2D eigenvalue weighted by Gasteiger charge is -2.40. The molecule has 1 aliphatic heterocycles. The lowest BCUT2D eigenvalue weighted by atomic mass is 9.77. The van der Waals surface area contributed by atoms with Crippen LogP contribution in [0.3, 0.4) is 0 Å². The van der Waals surface area contributed by atoms with E-state index in [0.29, 0.717) is 32.3 Å². The van der Waals surface area contributed by atoms with Crippen molar-refractivity contribution in [3.8, 4) is 0 Å². The Bertz CT molecular complexity index is 620. The Balaban J connectivity index is 2.74. The van der Waals surface area contributed by atoms with Crippen molar-refractivity contribution in [3.63, 3.8) is 0 Å². The molecule has 0 atom stereocenters. The topological polar surface area (TPSA) is 99.2 Å². The second-order valence-corrected chi connectivity index (χ2v) is 9.98. The third-order valence-corrected chi connectivity index (χ3v) is 4.88. The lowest BCUT2D eigenvalue weighted by Crippen LogP contribution is -2.53. The highest BCUT2D eigenvalue weighted by molar-refractivity contribution is 6.00. The van der Waals surface area contributed by atoms with Crippen LogP contribution in [0.15, 0.2) is 0 Å². The summed E-state index contributed by atoms with van der Waals surface area (Å²) in [5.41, 5.74) is -2.89. The molecular weight excluding hydrogens is 402 g/mol. The van der Waals surface area contributed by atoms with Crippen LogP contribution in [0.25, 0.3) is 0 Å². The van der Waals surface area contributed by atoms with Gasteiger partial charge in [-0.15, -0.1) is 0 Å². The smallest absolute Gasteiger partial charge is 0.324 e. The van der Waals surface area contributed by atoms with Gasteiger partial charge >= 0.3 is 17.9 Å². The molecule has 0 aliphatic carbocycles. The maximum atomic E-state index is 13.0. The second-order valence-electron chi connectivity index (χ2n) is 9.98. The molecule has 0 unspecified atom stereocenters. The summed E-state index contributed by atoms with van der Waals surface area (Å²) in [7, 11) is 0. The van der Waals surface area contributed by atoms with E-state index in [1.807, 2.05) is 0 Å². The van der Waals surface area contributed by atoms with Crippen LogP contribution in [0.1, 0.15) is 87.0 Å². The molecule has 1 fully saturated rings. The quantitative estimate of drug-likeness (QED) is 0.246. The number of amides is 1. The first kappa shape index (κ1) is 26.9. The fourth-order valence-electron chi connectivity index (χ4n) is 3.32. The zero-order valence-electron chi connectivity index (χ0n) is 20.2. The van der Waals surface area contributed by atoms with E-state index in [1.165, 1.54) is 0 Å². The Morgan fingerprint density at radius 2 is 1.26 bits per heavy atom. The standard InChI is InChI=1S/C23H39NO7/c1-8-29-18(26)12-10-9-11-17(25)24-15-13-23(14-16-24,19(27)30-21(2,3)4)20(28)31-22(5,6)7/h8-16H2,1-7H3. The van der Waals surface area contributed by atoms with E-state index in [9.17, 15) is 19.2 Å². The normalized spacial score (nSPS) is 16.4. The number of esters is 3. The number of carbonyl (C=O) groups is 4. The maximum Gasteiger partial charge on any atom is 0.324 e. The first-order chi connectivity index (χ1) is 14.2. The van der Waals surface area contributed by atoms with E-state index in [4.69, 9.17) is 14.2 Å². The van der Waals surface area contributed by atoms with E-state index in [1.54, 1.807) is 53.4 Å². The maximum absolute atomic E-state index is 13.0. The van der Waals surface area contributed by atoms with Gasteiger partial charge in [0, 0.05) is 25.9 Å². The largest absolute Gasteiger partial charge is 0.466 e. The van der Waals surface area contributed by atoms with Gasteiger partial charge in [-0.25, -0.2) is 0 Å². The average Bonchev–Trinajstić information content (AvgIpc) is 2.62. The zero-order valence-corrected chi connectivity index (χ0v) is 20.2. The van der Waals surface area contributed by atoms with Crippen molar-refractivity contribution in [2.45, 2.75) is 98.2 Å². The van der Waals surface area contributed by atoms with Crippen molar-refractivity contribution in [1.82, 2.24) is 4.90 Å². The van der Waals surface area contributed by atoms with Gasteiger partial charge in [-0.2, -0.15) is 0 Å². The summed E-state index contributed by atoms with van der Waals surface area (Å²) < 4.78 is 16.0. The molecule has 31 heavy (non-hydrogen) atoms. The van der Waals surface area contributed by atoms with Gasteiger partial charge in [0.1, 0.15) is 11.2 Å². The fraction of sp³-hybridized carbons (Fsp3) is 0.826. The van der Waals surface area contributed by atoms with Gasteiger partial charge in [0.15, 0.2) is 5.41 Å². The van der Waals surface area contributed by atoms with Crippen molar-refractivity contribution < 1.29 is 33.4 Å². The molecule has 1 amide bonds. The van der Waals surface area contributed by atoms with Crippen LogP contribution in [0.2, 0.25) is 0 Å². The van der Waals surface area contributed by atoms with Crippen molar-refractivity contribution in [2.24, 2.45) is 5.41 Å². The lowest BCUT2D eigenvalue weighted by molar-refractivity contribution is -0.190. The molecule has 0 N–H and O–H groups in total. The molecule has 1 rings (SSSR count). The Morgan fingerprint density at radius 1 is 0.806 bits per heavy atom. The number of unbranched alkanes of at least 4 members (excludes halogenated alkanes) is 1. The molecule has 0 aromatic carbocycles. The third-order valence-electron chi connectivity index (χ3n) is 4.88. The summed E-state index contributed by atoms with van der Waals surface area (Å²) in [6, 6.07) is 0. The first-order valence-electron chi connectivity index (χ1n) is 11.1. The number of hydrogen-bond acceptors (Lipinski definition) is 7. The van der Waals surface area contributed by atoms with Crippen LogP contribution in [-0.4, -0.2) is 59.6 Å². The summed E-state index contributed by atoms with van der Waals surface area (Å²) in [5.74, 6) is -1.51. The Hall–Kier alpha value is -2.12. The van der Waals surface area contributed by atoms with E-state index >= 15 is 0 Å². The number of rotatable bonds is 8. The molecule has 8 nitrogen and oxygen atoms in total. The molecule has 0 aromatic heterocycles. The van der Waals surface area contributed by atoms with Crippen LogP contribution in [0, 0.1) is 5.41 Å². The minimum atomic E-state index is -1.42. The van der Waals surface area contributed by atoms with Crippen molar-refractivity contribution >= 4 is 23.8 Å². The van der Waals surface area contributed by atoms with E-state index in [-0.39, 0.29) is 37.8 Å². The molecule has 0 bridgehead atoms. The van der Waals surface area contributed by atoms with Gasteiger partial charge in [-0.1, -0.05) is 0 Å². The molecule has 0 radical (unpaired) electrons. The predicted octanol–water partition coefficient (Wildman–Crippen LogP) is 3.40. The van der Waals surface area contributed by atoms with Crippen molar-refractivity contribution in [2.75, 3.05) is 19.7 Å². The minimum absolute atomic E-state index is 0.0502. The van der Waals surface area contributed by atoms with Gasteiger partial charge < -0.3 is 19.1 Å². The number of piperidine rings is 1. The molecule has 0 spiro atoms. The van der Waals surface area contributed by atoms with Crippen LogP contribution in [0.5, 0.6) is 0 Å². The molecule has 1 aliphatic rings. The minimum Gasteiger partial charge on any atom is -0.466 e. The van der Waals surface area contributed by atoms with Crippen molar-refractivity contribution in [1.29, 1.82) is 0 Å². The number of carbonyl (C=O) groups excluding carboxylic acids is 4. The molecule has 1 heterocycles. The van der Waals surface area contributed by atoms with E-state index < -0.39 is 28.6 Å². The summed E-state index contributed by atoms with van der Waals surface area (Å²) in [4.78, 5) is 51.6. The zero-order chi connectivity index (χ0) is 23.9. The summed E-state index contributed by atoms with van der Waals surface area (Å²) in [6.45, 7) is 13.2. The third kappa shape index (κ3) is 8.87. The Labute approximate surface area is 186 Å². The van der Waals surface area contributed by atoms with Gasteiger partial charge in [0.25, 0.3) is 0 Å². The second kappa shape index (κ2) is 11.0. The predicted molar refractivity (Wildman–Crippen MR) is 115 cm³/mol. The first-order valence-corrected chi connectivity index (χ1v) is 11.1. The van der Waals surface area contributed by atoms with Crippen LogP contribution in [0.4, 0.5) is 0 Å². The summed E-state index contributed by atoms with van der Waals surface area (Å²) in [5, 5.41) is 0. The Kier molecular flexibility index (Phi) is 9.51. The molecule has 1 saturated heterocycles. The Morgan fingerprint density at radius 3 is 1.68 bits per heavy atom. The SMILES string of the molecule is CCOC(=O)CCCCC(=O)N1CCC(C(=O)OC(C)(C)C)(C(=O)OC(C)(C)C)CC1. The summed E-state index contributed by atoms with van der Waals surface area (Å²) >= 11 is 0. The molecule has 0 saturated carbocycles. The fourth-order valence-corrected chi connectivity index (χ4v) is 3.32. The molecule has 178 valence electrons. The van der Waals surface area contributed by atoms with E-state index in [2.05, 4.69) is 0 Å². The van der Waals surface area contributed by atoms with Crippen LogP contribution < -0.4 is 0 Å². The highest BCUT2D eigenvalue weighted by Crippen LogP contribution is 2.37. The van der Waals surface area contributed by atoms with Crippen LogP contribution in [-0.2, 0) is 33.4 Å². The van der Waals surface area contributed by atoms with Gasteiger partial charge in [-0.3, -0.25) is 19.2 Å². The summed E-state index contributed by atoms with van der Waals surface area (Å²) in [6.07, 6.45) is 2.08. The van der Waals surface area contributed by atoms with Gasteiger partial charge in [0.2, 0.25) is 5.91 Å². The van der Waals surface area contributed by atoms with Gasteiger partial charge in [-0.05, 0) is 74.1 Å². The average molecular weight is 442 g/mol. The van der Waals surface area contributed by atoms with E-state index in [0.717, 1.165) is 0 Å². The number of nitrogens with zero attached hydrogens (tertiary/aromatic N) is 1. The van der Waals surface area contributed by atoms with Crippen LogP contribution >= 0.6 is 0 Å².